The minimum absolute atomic E-state index is 0. The molecule has 0 unspecified atom stereocenters. The summed E-state index contributed by atoms with van der Waals surface area (Å²) in [5.41, 5.74) is 0.416. The summed E-state index contributed by atoms with van der Waals surface area (Å²) in [6.07, 6.45) is -1.05. The molecule has 1 amide bonds. The molecule has 0 aromatic heterocycles. The number of amides is 1. The van der Waals surface area contributed by atoms with Crippen molar-refractivity contribution in [3.05, 3.63) is 23.8 Å². The molecule has 0 aliphatic carbocycles. The van der Waals surface area contributed by atoms with Crippen molar-refractivity contribution >= 4 is 67.5 Å². The number of nitrogens with one attached hydrogen (secondary N) is 1. The van der Waals surface area contributed by atoms with E-state index in [1.807, 2.05) is 0 Å². The van der Waals surface area contributed by atoms with Gasteiger partial charge in [-0.25, -0.2) is 17.9 Å². The SMILES string of the molecule is CCOC(=O)NS(=O)(=O)c1cc(O)ccc1C.[K]. The summed E-state index contributed by atoms with van der Waals surface area (Å²) in [5, 5.41) is 9.23. The number of hydrogen-bond acceptors (Lipinski definition) is 5. The van der Waals surface area contributed by atoms with E-state index in [0.717, 1.165) is 6.07 Å². The van der Waals surface area contributed by atoms with E-state index < -0.39 is 16.1 Å². The molecule has 1 aromatic rings. The smallest absolute Gasteiger partial charge is 0.421 e. The number of aromatic hydroxyl groups is 1. The van der Waals surface area contributed by atoms with Crippen LogP contribution in [0.3, 0.4) is 0 Å². The maximum atomic E-state index is 11.8. The Bertz CT molecular complexity index is 529. The third kappa shape index (κ3) is 4.86. The normalized spacial score (nSPS) is 10.3. The fourth-order valence-corrected chi connectivity index (χ4v) is 2.36. The van der Waals surface area contributed by atoms with E-state index in [4.69, 9.17) is 0 Å². The molecule has 8 heteroatoms. The van der Waals surface area contributed by atoms with Crippen LogP contribution in [0.2, 0.25) is 0 Å². The molecular weight excluding hydrogens is 285 g/mol. The molecule has 0 saturated heterocycles. The predicted molar refractivity (Wildman–Crippen MR) is 65.9 cm³/mol. The fourth-order valence-electron chi connectivity index (χ4n) is 1.20. The summed E-state index contributed by atoms with van der Waals surface area (Å²) in [7, 11) is -4.02. The fraction of sp³-hybridized carbons (Fsp3) is 0.300. The van der Waals surface area contributed by atoms with E-state index in [2.05, 4.69) is 4.74 Å². The molecule has 0 aliphatic rings. The molecule has 0 fully saturated rings. The van der Waals surface area contributed by atoms with Crippen LogP contribution in [0.25, 0.3) is 0 Å². The van der Waals surface area contributed by atoms with E-state index in [1.165, 1.54) is 12.1 Å². The molecule has 18 heavy (non-hydrogen) atoms. The first-order chi connectivity index (χ1) is 7.86. The second-order valence-corrected chi connectivity index (χ2v) is 4.93. The number of carbonyl (C=O) groups is 1. The zero-order chi connectivity index (χ0) is 13.1. The Morgan fingerprint density at radius 2 is 2.06 bits per heavy atom. The minimum Gasteiger partial charge on any atom is -0.508 e. The summed E-state index contributed by atoms with van der Waals surface area (Å²) in [4.78, 5) is 10.9. The molecule has 2 N–H and O–H groups in total. The summed E-state index contributed by atoms with van der Waals surface area (Å²) >= 11 is 0. The minimum atomic E-state index is -4.02. The monoisotopic (exact) mass is 298 g/mol. The predicted octanol–water partition coefficient (Wildman–Crippen LogP) is 0.755. The Hall–Kier alpha value is -0.124. The van der Waals surface area contributed by atoms with Crippen LogP contribution >= 0.6 is 0 Å². The van der Waals surface area contributed by atoms with Crippen molar-refractivity contribution < 1.29 is 23.1 Å². The number of phenolic OH excluding ortho intramolecular Hbond substituents is 1. The average Bonchev–Trinajstić information content (AvgIpc) is 2.21. The third-order valence-corrected chi connectivity index (χ3v) is 3.41. The summed E-state index contributed by atoms with van der Waals surface area (Å²) in [5.74, 6) is -0.195. The van der Waals surface area contributed by atoms with Gasteiger partial charge >= 0.3 is 6.09 Å². The van der Waals surface area contributed by atoms with Crippen molar-refractivity contribution in [1.82, 2.24) is 4.72 Å². The van der Waals surface area contributed by atoms with Crippen LogP contribution in [0.4, 0.5) is 4.79 Å². The van der Waals surface area contributed by atoms with Gasteiger partial charge in [0.2, 0.25) is 0 Å². The van der Waals surface area contributed by atoms with E-state index in [0.29, 0.717) is 5.56 Å². The van der Waals surface area contributed by atoms with E-state index in [-0.39, 0.29) is 68.6 Å². The van der Waals surface area contributed by atoms with Gasteiger partial charge in [-0.3, -0.25) is 0 Å². The molecule has 95 valence electrons. The van der Waals surface area contributed by atoms with Crippen molar-refractivity contribution in [3.8, 4) is 5.75 Å². The average molecular weight is 298 g/mol. The van der Waals surface area contributed by atoms with Crippen molar-refractivity contribution in [2.75, 3.05) is 6.61 Å². The standard InChI is InChI=1S/C10H13NO5S.K/c1-3-16-10(13)11-17(14,15)9-6-8(12)5-4-7(9)2;/h4-6,12H,3H2,1-2H3,(H,11,13);. The zero-order valence-corrected chi connectivity index (χ0v) is 14.4. The molecule has 0 atom stereocenters. The number of aryl methyl sites for hydroxylation is 1. The maximum absolute atomic E-state index is 11.8. The molecule has 1 radical (unpaired) electrons. The number of benzene rings is 1. The first-order valence-corrected chi connectivity index (χ1v) is 6.34. The maximum Gasteiger partial charge on any atom is 0.421 e. The van der Waals surface area contributed by atoms with Crippen LogP contribution in [0, 0.1) is 6.92 Å². The van der Waals surface area contributed by atoms with Crippen LogP contribution < -0.4 is 4.72 Å². The quantitative estimate of drug-likeness (QED) is 0.804. The number of carbonyl (C=O) groups excluding carboxylic acids is 1. The second-order valence-electron chi connectivity index (χ2n) is 3.28. The van der Waals surface area contributed by atoms with Gasteiger partial charge < -0.3 is 9.84 Å². The Labute approximate surface area is 148 Å². The Morgan fingerprint density at radius 3 is 2.61 bits per heavy atom. The topological polar surface area (TPSA) is 92.7 Å². The van der Waals surface area contributed by atoms with Gasteiger partial charge in [0, 0.05) is 57.5 Å². The summed E-state index contributed by atoms with van der Waals surface area (Å²) in [6.45, 7) is 3.19. The molecule has 0 bridgehead atoms. The summed E-state index contributed by atoms with van der Waals surface area (Å²) < 4.78 is 29.8. The van der Waals surface area contributed by atoms with E-state index >= 15 is 0 Å². The van der Waals surface area contributed by atoms with Gasteiger partial charge in [-0.2, -0.15) is 0 Å². The first-order valence-electron chi connectivity index (χ1n) is 4.86. The van der Waals surface area contributed by atoms with Gasteiger partial charge in [-0.15, -0.1) is 0 Å². The van der Waals surface area contributed by atoms with Gasteiger partial charge in [0.15, 0.2) is 0 Å². The molecule has 0 spiro atoms. The van der Waals surface area contributed by atoms with Gasteiger partial charge in [0.1, 0.15) is 5.75 Å². The van der Waals surface area contributed by atoms with Crippen LogP contribution in [0.5, 0.6) is 5.75 Å². The van der Waals surface area contributed by atoms with Gasteiger partial charge in [-0.1, -0.05) is 6.07 Å². The molecule has 0 aliphatic heterocycles. The van der Waals surface area contributed by atoms with E-state index in [9.17, 15) is 18.3 Å². The Kier molecular flexibility index (Phi) is 7.41. The van der Waals surface area contributed by atoms with Gasteiger partial charge in [0.25, 0.3) is 10.0 Å². The largest absolute Gasteiger partial charge is 0.508 e. The molecular formula is C10H13KNO5S. The van der Waals surface area contributed by atoms with Crippen molar-refractivity contribution in [3.63, 3.8) is 0 Å². The van der Waals surface area contributed by atoms with Crippen LogP contribution in [0.1, 0.15) is 12.5 Å². The number of ether oxygens (including phenoxy) is 1. The Balaban J connectivity index is 0.00000289. The summed E-state index contributed by atoms with van der Waals surface area (Å²) in [6, 6.07) is 3.87. The first kappa shape index (κ1) is 17.9. The molecule has 1 aromatic carbocycles. The number of sulfonamides is 1. The Morgan fingerprint density at radius 1 is 1.44 bits per heavy atom. The molecule has 1 rings (SSSR count). The molecule has 6 nitrogen and oxygen atoms in total. The van der Waals surface area contributed by atoms with Gasteiger partial charge in [0.05, 0.1) is 11.5 Å². The van der Waals surface area contributed by atoms with Crippen LogP contribution in [0.15, 0.2) is 23.1 Å². The zero-order valence-electron chi connectivity index (χ0n) is 10.4. The van der Waals surface area contributed by atoms with Crippen molar-refractivity contribution in [2.45, 2.75) is 18.7 Å². The van der Waals surface area contributed by atoms with Crippen molar-refractivity contribution in [1.29, 1.82) is 0 Å². The number of phenols is 1. The molecule has 0 heterocycles. The number of hydrogen-bond donors (Lipinski definition) is 2. The third-order valence-electron chi connectivity index (χ3n) is 1.95. The van der Waals surface area contributed by atoms with Gasteiger partial charge in [-0.05, 0) is 25.5 Å². The number of rotatable bonds is 3. The van der Waals surface area contributed by atoms with Crippen LogP contribution in [-0.2, 0) is 14.8 Å². The molecule has 0 saturated carbocycles. The van der Waals surface area contributed by atoms with E-state index in [1.54, 1.807) is 18.6 Å². The van der Waals surface area contributed by atoms with Crippen molar-refractivity contribution in [2.24, 2.45) is 0 Å². The second kappa shape index (κ2) is 7.46. The van der Waals surface area contributed by atoms with Crippen LogP contribution in [-0.4, -0.2) is 77.6 Å².